The first-order chi connectivity index (χ1) is 18.6. The van der Waals surface area contributed by atoms with Gasteiger partial charge in [0.25, 0.3) is 20.2 Å². The summed E-state index contributed by atoms with van der Waals surface area (Å²) in [6.07, 6.45) is 2.59. The van der Waals surface area contributed by atoms with E-state index in [4.69, 9.17) is 9.35 Å². The summed E-state index contributed by atoms with van der Waals surface area (Å²) in [5.74, 6) is -0.237. The normalized spacial score (nSPS) is 12.9. The van der Waals surface area contributed by atoms with Crippen LogP contribution in [-0.2, 0) is 32.6 Å². The Hall–Kier alpha value is -3.27. The monoisotopic (exact) mass is 672 g/mol. The number of aliphatic imine (C=N–C) groups is 1. The summed E-state index contributed by atoms with van der Waals surface area (Å²) in [6.45, 7) is 1.35. The summed E-state index contributed by atoms with van der Waals surface area (Å²) >= 11 is -0.319. The number of amides is 1. The molecule has 40 heavy (non-hydrogen) atoms. The van der Waals surface area contributed by atoms with Crippen molar-refractivity contribution >= 4 is 85.6 Å². The van der Waals surface area contributed by atoms with Gasteiger partial charge in [-0.15, -0.1) is 0 Å². The molecule has 17 heteroatoms. The minimum Gasteiger partial charge on any atom is -0.282 e. The van der Waals surface area contributed by atoms with Crippen LogP contribution in [0.1, 0.15) is 18.1 Å². The predicted octanol–water partition coefficient (Wildman–Crippen LogP) is 2.79. The van der Waals surface area contributed by atoms with Gasteiger partial charge in [0.15, 0.2) is 0 Å². The Kier molecular flexibility index (Phi) is 11.4. The number of isothiocyanates is 1. The quantitative estimate of drug-likeness (QED) is 0.0444. The van der Waals surface area contributed by atoms with Gasteiger partial charge in [0.1, 0.15) is 9.79 Å². The molecule has 0 spiro atoms. The first-order valence-corrected chi connectivity index (χ1v) is 17.2. The average Bonchev–Trinajstić information content (AvgIpc) is 2.87. The predicted molar refractivity (Wildman–Crippen MR) is 149 cm³/mol. The number of rotatable bonds is 8. The number of carbonyl (C=O) groups is 1. The van der Waals surface area contributed by atoms with E-state index in [1.807, 2.05) is 0 Å². The van der Waals surface area contributed by atoms with E-state index < -0.39 is 39.3 Å². The van der Waals surface area contributed by atoms with Crippen molar-refractivity contribution in [1.29, 1.82) is 0 Å². The van der Waals surface area contributed by atoms with Crippen LogP contribution in [0.4, 0.5) is 11.4 Å². The van der Waals surface area contributed by atoms with Gasteiger partial charge in [0, 0.05) is 0 Å². The van der Waals surface area contributed by atoms with Crippen molar-refractivity contribution in [2.45, 2.75) is 16.7 Å². The zero-order valence-electron chi connectivity index (χ0n) is 20.3. The van der Waals surface area contributed by atoms with Crippen molar-refractivity contribution in [3.63, 3.8) is 0 Å². The number of hydrogen-bond donors (Lipinski definition) is 5. The van der Waals surface area contributed by atoms with E-state index in [1.165, 1.54) is 73.7 Å². The van der Waals surface area contributed by atoms with Gasteiger partial charge in [-0.2, -0.15) is 21.8 Å². The van der Waals surface area contributed by atoms with Crippen LogP contribution in [0.2, 0.25) is 0 Å². The largest absolute Gasteiger partial charge is 0.295 e. The molecule has 3 rings (SSSR count). The van der Waals surface area contributed by atoms with Crippen LogP contribution in [0.3, 0.4) is 0 Å². The van der Waals surface area contributed by atoms with Crippen LogP contribution in [0.15, 0.2) is 81.5 Å². The molecule has 1 atom stereocenters. The van der Waals surface area contributed by atoms with Crippen molar-refractivity contribution < 1.29 is 47.7 Å². The number of hydrogen-bond acceptors (Lipinski definition) is 10. The second-order valence-corrected chi connectivity index (χ2v) is 14.1. The fraction of sp³-hybridized carbons (Fsp3) is 0.0435. The molecule has 0 aromatic heterocycles. The molecule has 0 saturated carbocycles. The number of thiocarbonyl (C=S) groups is 1. The molecule has 3 aromatic carbocycles. The van der Waals surface area contributed by atoms with E-state index in [0.29, 0.717) is 5.69 Å². The van der Waals surface area contributed by atoms with Crippen LogP contribution in [0, 0.1) is 0 Å². The molecular weight excluding hydrogens is 651 g/mol. The molecule has 0 bridgehead atoms. The molecule has 3 aromatic rings. The van der Waals surface area contributed by atoms with E-state index >= 15 is 0 Å². The molecule has 5 N–H and O–H groups in total. The van der Waals surface area contributed by atoms with E-state index in [2.05, 4.69) is 31.6 Å². The fourth-order valence-corrected chi connectivity index (χ4v) is 5.82. The summed E-state index contributed by atoms with van der Waals surface area (Å²) in [5.41, 5.74) is 0.918. The van der Waals surface area contributed by atoms with E-state index in [9.17, 15) is 34.5 Å². The molecule has 0 aliphatic heterocycles. The molecule has 0 fully saturated rings. The average molecular weight is 673 g/mol. The molecule has 1 amide bonds. The Balaban J connectivity index is 0.000000319. The Morgan fingerprint density at radius 1 is 0.950 bits per heavy atom. The molecule has 13 nitrogen and oxygen atoms in total. The summed E-state index contributed by atoms with van der Waals surface area (Å²) in [5, 5.41) is 12.8. The Morgan fingerprint density at radius 2 is 1.50 bits per heavy atom. The minimum atomic E-state index is -4.76. The third-order valence-electron chi connectivity index (χ3n) is 4.71. The van der Waals surface area contributed by atoms with E-state index in [1.54, 1.807) is 6.07 Å². The number of carbonyl (C=O) groups excluding carboxylic acids is 1. The second kappa shape index (κ2) is 13.9. The molecule has 0 aliphatic carbocycles. The summed E-state index contributed by atoms with van der Waals surface area (Å²) < 4.78 is 88.2. The maximum absolute atomic E-state index is 11.5. The first kappa shape index (κ1) is 32.9. The maximum Gasteiger partial charge on any atom is 0.295 e. The van der Waals surface area contributed by atoms with Gasteiger partial charge in [-0.25, -0.2) is 0 Å². The van der Waals surface area contributed by atoms with Gasteiger partial charge in [-0.3, -0.25) is 9.11 Å². The summed E-state index contributed by atoms with van der Waals surface area (Å²) in [6, 6.07) is 15.0. The zero-order chi connectivity index (χ0) is 30.1. The van der Waals surface area contributed by atoms with Gasteiger partial charge in [0.05, 0.1) is 10.8 Å². The Labute approximate surface area is 237 Å². The summed E-state index contributed by atoms with van der Waals surface area (Å²) in [4.78, 5) is 13.6. The zero-order valence-corrected chi connectivity index (χ0v) is 24.6. The van der Waals surface area contributed by atoms with Crippen molar-refractivity contribution in [2.24, 2.45) is 4.99 Å². The van der Waals surface area contributed by atoms with E-state index in [0.717, 1.165) is 6.07 Å². The standard InChI is InChI=1S/C15H11NO6S3.C8H10AsNO5/c17-24(18,19)14-4-2-1-3-11(14)5-6-12-7-8-13(16-10-23)9-15(12)25(20,21)22;1-6(11)10-8-4-2-7(3-5-8)9(12,13)15-14/h1-9H,(H,17,18,19)(H,20,21,22);2-5,14H,1H3,(H,10,11)(H,12,13). The maximum atomic E-state index is 11.5. The van der Waals surface area contributed by atoms with Gasteiger partial charge in [-0.1, -0.05) is 36.4 Å². The van der Waals surface area contributed by atoms with E-state index in [-0.39, 0.29) is 32.0 Å². The number of anilines is 1. The van der Waals surface area contributed by atoms with Crippen molar-refractivity contribution in [2.75, 3.05) is 5.32 Å². The minimum absolute atomic E-state index is 0.00438. The van der Waals surface area contributed by atoms with Crippen LogP contribution in [-0.4, -0.2) is 60.5 Å². The molecular formula is C23H21AsN2O11S3. The fourth-order valence-electron chi connectivity index (χ4n) is 3.02. The molecule has 0 radical (unpaired) electrons. The van der Waals surface area contributed by atoms with Gasteiger partial charge in [0.2, 0.25) is 0 Å². The Morgan fingerprint density at radius 3 is 2.00 bits per heavy atom. The van der Waals surface area contributed by atoms with Crippen LogP contribution in [0.25, 0.3) is 12.2 Å². The molecule has 0 aliphatic rings. The molecule has 0 saturated heterocycles. The Bertz CT molecular complexity index is 1730. The van der Waals surface area contributed by atoms with Crippen molar-refractivity contribution in [3.8, 4) is 0 Å². The van der Waals surface area contributed by atoms with Crippen LogP contribution < -0.4 is 9.67 Å². The summed E-state index contributed by atoms with van der Waals surface area (Å²) in [7, 11) is -9.00. The van der Waals surface area contributed by atoms with Crippen molar-refractivity contribution in [1.82, 2.24) is 0 Å². The molecule has 1 unspecified atom stereocenters. The molecule has 0 heterocycles. The smallest absolute Gasteiger partial charge is 0.282 e. The third kappa shape index (κ3) is 9.73. The van der Waals surface area contributed by atoms with Gasteiger partial charge in [-0.05, 0) is 41.5 Å². The van der Waals surface area contributed by atoms with Gasteiger partial charge < -0.3 is 0 Å². The van der Waals surface area contributed by atoms with Crippen LogP contribution in [0.5, 0.6) is 0 Å². The second-order valence-electron chi connectivity index (χ2n) is 7.58. The number of nitrogens with one attached hydrogen (secondary N) is 1. The van der Waals surface area contributed by atoms with Gasteiger partial charge >= 0.3 is 88.4 Å². The SMILES string of the molecule is CC(=O)Nc1ccc([As](=O)(O)OO)cc1.O=S(=O)(O)c1ccccc1C=Cc1ccc(N=C=S)cc1S(=O)(=O)O. The number of benzene rings is 3. The number of nitrogens with zero attached hydrogens (tertiary/aromatic N) is 1. The third-order valence-corrected chi connectivity index (χ3v) is 9.10. The topological polar surface area (TPSA) is 217 Å². The first-order valence-electron chi connectivity index (χ1n) is 10.6. The van der Waals surface area contributed by atoms with Crippen molar-refractivity contribution in [3.05, 3.63) is 77.9 Å². The van der Waals surface area contributed by atoms with Crippen LogP contribution >= 0.6 is 12.2 Å². The molecule has 212 valence electrons.